The Bertz CT molecular complexity index is 714. The van der Waals surface area contributed by atoms with Crippen molar-refractivity contribution < 1.29 is 18.7 Å². The zero-order valence-electron chi connectivity index (χ0n) is 13.5. The molecule has 3 rings (SSSR count). The number of halogens is 1. The summed E-state index contributed by atoms with van der Waals surface area (Å²) in [6.07, 6.45) is 3.19. The molecule has 0 heterocycles. The Hall–Kier alpha value is -2.56. The van der Waals surface area contributed by atoms with Gasteiger partial charge in [-0.05, 0) is 30.9 Å². The number of ether oxygens (including phenoxy) is 2. The number of anilines is 1. The maximum Gasteiger partial charge on any atom is 0.340 e. The highest BCUT2D eigenvalue weighted by molar-refractivity contribution is 5.96. The molecule has 0 aromatic heterocycles. The lowest BCUT2D eigenvalue weighted by Crippen LogP contribution is -2.28. The van der Waals surface area contributed by atoms with E-state index in [4.69, 9.17) is 9.47 Å². The van der Waals surface area contributed by atoms with E-state index in [1.807, 2.05) is 30.3 Å². The Morgan fingerprint density at radius 3 is 2.62 bits per heavy atom. The minimum atomic E-state index is -0.513. The standard InChI is InChI=1S/C19H20FNO3/c1-23-19(22)15-10-18(24-12-13-6-3-2-4-7-13)16(20)11-17(15)21-14-8-5-9-14/h2-4,6-7,10-11,14,21H,5,8-9,12H2,1H3. The van der Waals surface area contributed by atoms with Gasteiger partial charge in [-0.25, -0.2) is 9.18 Å². The Kier molecular flexibility index (Phi) is 4.99. The van der Waals surface area contributed by atoms with Crippen LogP contribution in [0.1, 0.15) is 35.2 Å². The minimum absolute atomic E-state index is 0.0402. The van der Waals surface area contributed by atoms with Crippen molar-refractivity contribution in [3.63, 3.8) is 0 Å². The van der Waals surface area contributed by atoms with Crippen LogP contribution in [0.25, 0.3) is 0 Å². The van der Waals surface area contributed by atoms with Crippen molar-refractivity contribution in [1.29, 1.82) is 0 Å². The van der Waals surface area contributed by atoms with Crippen LogP contribution in [0.3, 0.4) is 0 Å². The fourth-order valence-corrected chi connectivity index (χ4v) is 2.57. The van der Waals surface area contributed by atoms with Gasteiger partial charge in [0.2, 0.25) is 0 Å². The van der Waals surface area contributed by atoms with Gasteiger partial charge in [0.25, 0.3) is 0 Å². The molecule has 2 aromatic carbocycles. The van der Waals surface area contributed by atoms with Crippen molar-refractivity contribution in [2.45, 2.75) is 31.9 Å². The average molecular weight is 329 g/mol. The number of carbonyl (C=O) groups is 1. The predicted octanol–water partition coefficient (Wildman–Crippen LogP) is 4.16. The lowest BCUT2D eigenvalue weighted by atomic mass is 9.92. The minimum Gasteiger partial charge on any atom is -0.486 e. The number of hydrogen-bond acceptors (Lipinski definition) is 4. The second kappa shape index (κ2) is 7.34. The van der Waals surface area contributed by atoms with Gasteiger partial charge < -0.3 is 14.8 Å². The van der Waals surface area contributed by atoms with E-state index in [0.717, 1.165) is 24.8 Å². The molecule has 0 bridgehead atoms. The molecule has 0 amide bonds. The maximum atomic E-state index is 14.4. The van der Waals surface area contributed by atoms with Gasteiger partial charge in [0, 0.05) is 12.1 Å². The first kappa shape index (κ1) is 16.3. The van der Waals surface area contributed by atoms with E-state index in [0.29, 0.717) is 5.69 Å². The molecular formula is C19H20FNO3. The molecule has 1 aliphatic rings. The summed E-state index contributed by atoms with van der Waals surface area (Å²) < 4.78 is 24.7. The van der Waals surface area contributed by atoms with Crippen LogP contribution in [0.2, 0.25) is 0 Å². The number of rotatable bonds is 6. The third-order valence-electron chi connectivity index (χ3n) is 4.18. The van der Waals surface area contributed by atoms with Gasteiger partial charge in [-0.1, -0.05) is 30.3 Å². The smallest absolute Gasteiger partial charge is 0.340 e. The Balaban J connectivity index is 1.82. The van der Waals surface area contributed by atoms with Crippen LogP contribution in [-0.4, -0.2) is 19.1 Å². The van der Waals surface area contributed by atoms with E-state index in [1.165, 1.54) is 19.2 Å². The van der Waals surface area contributed by atoms with Gasteiger partial charge in [0.1, 0.15) is 6.61 Å². The Morgan fingerprint density at radius 2 is 2.00 bits per heavy atom. The summed E-state index contributed by atoms with van der Waals surface area (Å²) in [6, 6.07) is 12.5. The van der Waals surface area contributed by atoms with Crippen molar-refractivity contribution in [3.8, 4) is 5.75 Å². The Labute approximate surface area is 140 Å². The molecule has 1 N–H and O–H groups in total. The molecule has 0 aliphatic heterocycles. The van der Waals surface area contributed by atoms with Crippen molar-refractivity contribution in [2.75, 3.05) is 12.4 Å². The summed E-state index contributed by atoms with van der Waals surface area (Å²) in [5.74, 6) is -0.972. The summed E-state index contributed by atoms with van der Waals surface area (Å²) in [5, 5.41) is 3.21. The number of methoxy groups -OCH3 is 1. The number of benzene rings is 2. The monoisotopic (exact) mass is 329 g/mol. The highest BCUT2D eigenvalue weighted by Crippen LogP contribution is 2.31. The van der Waals surface area contributed by atoms with Gasteiger partial charge in [0.05, 0.1) is 18.4 Å². The molecular weight excluding hydrogens is 309 g/mol. The first-order chi connectivity index (χ1) is 11.7. The van der Waals surface area contributed by atoms with Crippen molar-refractivity contribution >= 4 is 11.7 Å². The SMILES string of the molecule is COC(=O)c1cc(OCc2ccccc2)c(F)cc1NC1CCC1. The van der Waals surface area contributed by atoms with Crippen LogP contribution in [0.4, 0.5) is 10.1 Å². The lowest BCUT2D eigenvalue weighted by molar-refractivity contribution is 0.0601. The fourth-order valence-electron chi connectivity index (χ4n) is 2.57. The van der Waals surface area contributed by atoms with Gasteiger partial charge in [-0.15, -0.1) is 0 Å². The Morgan fingerprint density at radius 1 is 1.25 bits per heavy atom. The van der Waals surface area contributed by atoms with E-state index in [2.05, 4.69) is 5.32 Å². The average Bonchev–Trinajstić information content (AvgIpc) is 2.57. The first-order valence-corrected chi connectivity index (χ1v) is 8.02. The molecule has 24 heavy (non-hydrogen) atoms. The number of esters is 1. The van der Waals surface area contributed by atoms with E-state index < -0.39 is 11.8 Å². The lowest BCUT2D eigenvalue weighted by Gasteiger charge is -2.28. The summed E-state index contributed by atoms with van der Waals surface area (Å²) in [4.78, 5) is 12.0. The summed E-state index contributed by atoms with van der Waals surface area (Å²) in [5.41, 5.74) is 1.66. The topological polar surface area (TPSA) is 47.6 Å². The van der Waals surface area contributed by atoms with Crippen LogP contribution < -0.4 is 10.1 Å². The number of hydrogen-bond donors (Lipinski definition) is 1. The van der Waals surface area contributed by atoms with E-state index in [-0.39, 0.29) is 24.0 Å². The normalized spacial score (nSPS) is 13.9. The first-order valence-electron chi connectivity index (χ1n) is 8.02. The van der Waals surface area contributed by atoms with E-state index in [9.17, 15) is 9.18 Å². The van der Waals surface area contributed by atoms with Gasteiger partial charge in [-0.3, -0.25) is 0 Å². The molecule has 0 saturated heterocycles. The molecule has 0 unspecified atom stereocenters. The second-order valence-corrected chi connectivity index (χ2v) is 5.87. The van der Waals surface area contributed by atoms with Crippen LogP contribution in [0.5, 0.6) is 5.75 Å². The molecule has 4 nitrogen and oxygen atoms in total. The van der Waals surface area contributed by atoms with Gasteiger partial charge in [-0.2, -0.15) is 0 Å². The molecule has 1 aliphatic carbocycles. The van der Waals surface area contributed by atoms with Crippen LogP contribution in [0.15, 0.2) is 42.5 Å². The summed E-state index contributed by atoms with van der Waals surface area (Å²) in [6.45, 7) is 0.230. The number of nitrogens with one attached hydrogen (secondary N) is 1. The molecule has 0 atom stereocenters. The zero-order chi connectivity index (χ0) is 16.9. The summed E-state index contributed by atoms with van der Waals surface area (Å²) >= 11 is 0. The van der Waals surface area contributed by atoms with Crippen LogP contribution in [0, 0.1) is 5.82 Å². The van der Waals surface area contributed by atoms with E-state index in [1.54, 1.807) is 0 Å². The van der Waals surface area contributed by atoms with Gasteiger partial charge >= 0.3 is 5.97 Å². The molecule has 5 heteroatoms. The predicted molar refractivity (Wildman–Crippen MR) is 89.8 cm³/mol. The largest absolute Gasteiger partial charge is 0.486 e. The second-order valence-electron chi connectivity index (χ2n) is 5.87. The van der Waals surface area contributed by atoms with Crippen molar-refractivity contribution in [2.24, 2.45) is 0 Å². The van der Waals surface area contributed by atoms with Crippen molar-refractivity contribution in [1.82, 2.24) is 0 Å². The van der Waals surface area contributed by atoms with Gasteiger partial charge in [0.15, 0.2) is 11.6 Å². The summed E-state index contributed by atoms with van der Waals surface area (Å²) in [7, 11) is 1.31. The van der Waals surface area contributed by atoms with Crippen molar-refractivity contribution in [3.05, 3.63) is 59.4 Å². The zero-order valence-corrected chi connectivity index (χ0v) is 13.5. The molecule has 0 radical (unpaired) electrons. The highest BCUT2D eigenvalue weighted by atomic mass is 19.1. The molecule has 0 spiro atoms. The fraction of sp³-hybridized carbons (Fsp3) is 0.316. The molecule has 1 fully saturated rings. The maximum absolute atomic E-state index is 14.4. The third kappa shape index (κ3) is 3.67. The molecule has 126 valence electrons. The van der Waals surface area contributed by atoms with Crippen LogP contribution in [-0.2, 0) is 11.3 Å². The molecule has 1 saturated carbocycles. The van der Waals surface area contributed by atoms with E-state index >= 15 is 0 Å². The van der Waals surface area contributed by atoms with Crippen LogP contribution >= 0.6 is 0 Å². The number of carbonyl (C=O) groups excluding carboxylic acids is 1. The highest BCUT2D eigenvalue weighted by Gasteiger charge is 2.22. The third-order valence-corrected chi connectivity index (χ3v) is 4.18. The quantitative estimate of drug-likeness (QED) is 0.809. The molecule has 2 aromatic rings.